The van der Waals surface area contributed by atoms with Gasteiger partial charge in [0.1, 0.15) is 0 Å². The molecule has 0 atom stereocenters. The van der Waals surface area contributed by atoms with Crippen LogP contribution in [0.25, 0.3) is 0 Å². The second-order valence-corrected chi connectivity index (χ2v) is 3.81. The minimum Gasteiger partial charge on any atom is -0.326 e. The molecule has 80 valence electrons. The second kappa shape index (κ2) is 4.45. The van der Waals surface area contributed by atoms with Crippen LogP contribution in [0.2, 0.25) is 0 Å². The topological polar surface area (TPSA) is 41.1 Å². The van der Waals surface area contributed by atoms with Crippen molar-refractivity contribution in [3.8, 4) is 0 Å². The molecule has 1 aromatic rings. The van der Waals surface area contributed by atoms with Crippen LogP contribution < -0.4 is 10.6 Å². The maximum absolute atomic E-state index is 11.2. The van der Waals surface area contributed by atoms with E-state index in [1.807, 2.05) is 13.0 Å². The summed E-state index contributed by atoms with van der Waals surface area (Å²) in [4.78, 5) is 11.2. The predicted octanol–water partition coefficient (Wildman–Crippen LogP) is 1.68. The summed E-state index contributed by atoms with van der Waals surface area (Å²) < 4.78 is 0. The van der Waals surface area contributed by atoms with Crippen molar-refractivity contribution in [2.45, 2.75) is 26.3 Å². The van der Waals surface area contributed by atoms with Crippen LogP contribution in [0.15, 0.2) is 18.2 Å². The van der Waals surface area contributed by atoms with Gasteiger partial charge in [-0.25, -0.2) is 0 Å². The molecule has 2 N–H and O–H groups in total. The fourth-order valence-electron chi connectivity index (χ4n) is 1.80. The van der Waals surface area contributed by atoms with Crippen LogP contribution in [0.4, 0.5) is 5.69 Å². The van der Waals surface area contributed by atoms with E-state index in [0.29, 0.717) is 6.42 Å². The second-order valence-electron chi connectivity index (χ2n) is 3.81. The summed E-state index contributed by atoms with van der Waals surface area (Å²) >= 11 is 0. The number of carbonyl (C=O) groups is 1. The molecule has 0 fully saturated rings. The lowest BCUT2D eigenvalue weighted by atomic mass is 10.0. The lowest BCUT2D eigenvalue weighted by Crippen LogP contribution is -2.23. The Morgan fingerprint density at radius 2 is 2.33 bits per heavy atom. The first-order valence-electron chi connectivity index (χ1n) is 5.42. The molecular weight excluding hydrogens is 188 g/mol. The van der Waals surface area contributed by atoms with Gasteiger partial charge in [0.2, 0.25) is 5.91 Å². The lowest BCUT2D eigenvalue weighted by Gasteiger charge is -2.17. The van der Waals surface area contributed by atoms with Gasteiger partial charge in [-0.3, -0.25) is 4.79 Å². The Hall–Kier alpha value is -1.35. The van der Waals surface area contributed by atoms with Crippen molar-refractivity contribution >= 4 is 11.6 Å². The molecular formula is C12H16N2O. The normalized spacial score (nSPS) is 14.5. The van der Waals surface area contributed by atoms with Crippen LogP contribution in [0, 0.1) is 0 Å². The van der Waals surface area contributed by atoms with Gasteiger partial charge in [0, 0.05) is 18.7 Å². The predicted molar refractivity (Wildman–Crippen MR) is 60.8 cm³/mol. The molecule has 1 heterocycles. The van der Waals surface area contributed by atoms with Crippen molar-refractivity contribution in [2.75, 3.05) is 11.9 Å². The highest BCUT2D eigenvalue weighted by atomic mass is 16.1. The summed E-state index contributed by atoms with van der Waals surface area (Å²) in [6, 6.07) is 6.15. The summed E-state index contributed by atoms with van der Waals surface area (Å²) in [7, 11) is 0. The summed E-state index contributed by atoms with van der Waals surface area (Å²) in [5, 5.41) is 6.21. The van der Waals surface area contributed by atoms with Crippen molar-refractivity contribution in [3.63, 3.8) is 0 Å². The third-order valence-corrected chi connectivity index (χ3v) is 2.70. The zero-order chi connectivity index (χ0) is 10.7. The van der Waals surface area contributed by atoms with Gasteiger partial charge >= 0.3 is 0 Å². The largest absolute Gasteiger partial charge is 0.326 e. The van der Waals surface area contributed by atoms with Crippen molar-refractivity contribution in [3.05, 3.63) is 29.3 Å². The smallest absolute Gasteiger partial charge is 0.224 e. The van der Waals surface area contributed by atoms with Crippen molar-refractivity contribution in [1.82, 2.24) is 5.32 Å². The van der Waals surface area contributed by atoms with Crippen LogP contribution in [0.1, 0.15) is 24.5 Å². The van der Waals surface area contributed by atoms with Gasteiger partial charge in [0.25, 0.3) is 0 Å². The average Bonchev–Trinajstić information content (AvgIpc) is 2.29. The number of anilines is 1. The highest BCUT2D eigenvalue weighted by Crippen LogP contribution is 2.18. The summed E-state index contributed by atoms with van der Waals surface area (Å²) in [6.45, 7) is 3.83. The van der Waals surface area contributed by atoms with Crippen LogP contribution in [0.3, 0.4) is 0 Å². The molecule has 2 rings (SSSR count). The van der Waals surface area contributed by atoms with E-state index in [2.05, 4.69) is 22.8 Å². The Labute approximate surface area is 89.9 Å². The Kier molecular flexibility index (Phi) is 3.02. The molecule has 0 unspecified atom stereocenters. The summed E-state index contributed by atoms with van der Waals surface area (Å²) in [6.07, 6.45) is 1.57. The number of nitrogens with one attached hydrogen (secondary N) is 2. The van der Waals surface area contributed by atoms with Crippen LogP contribution in [0.5, 0.6) is 0 Å². The van der Waals surface area contributed by atoms with Gasteiger partial charge in [0.15, 0.2) is 0 Å². The van der Waals surface area contributed by atoms with Crippen molar-refractivity contribution in [1.29, 1.82) is 0 Å². The molecule has 0 bridgehead atoms. The Morgan fingerprint density at radius 1 is 1.47 bits per heavy atom. The molecule has 3 nitrogen and oxygen atoms in total. The number of fused-ring (bicyclic) bond motifs is 1. The van der Waals surface area contributed by atoms with Gasteiger partial charge < -0.3 is 10.6 Å². The van der Waals surface area contributed by atoms with Gasteiger partial charge in [-0.05, 0) is 36.2 Å². The monoisotopic (exact) mass is 204 g/mol. The quantitative estimate of drug-likeness (QED) is 0.769. The van der Waals surface area contributed by atoms with Gasteiger partial charge in [0.05, 0.1) is 0 Å². The zero-order valence-corrected chi connectivity index (χ0v) is 8.97. The third kappa shape index (κ3) is 2.36. The Bertz CT molecular complexity index is 374. The fraction of sp³-hybridized carbons (Fsp3) is 0.417. The standard InChI is InChI=1S/C12H16N2O/c1-2-12(15)14-11-4-3-10-8-13-6-5-9(10)7-11/h3-4,7,13H,2,5-6,8H2,1H3,(H,14,15). The molecule has 0 saturated heterocycles. The molecule has 0 radical (unpaired) electrons. The number of rotatable bonds is 2. The molecule has 15 heavy (non-hydrogen) atoms. The summed E-state index contributed by atoms with van der Waals surface area (Å²) in [5.74, 6) is 0.0730. The van der Waals surface area contributed by atoms with E-state index in [9.17, 15) is 4.79 Å². The summed E-state index contributed by atoms with van der Waals surface area (Å²) in [5.41, 5.74) is 3.61. The Balaban J connectivity index is 2.17. The maximum atomic E-state index is 11.2. The first kappa shape index (κ1) is 10.2. The van der Waals surface area contributed by atoms with Crippen LogP contribution in [-0.2, 0) is 17.8 Å². The maximum Gasteiger partial charge on any atom is 0.224 e. The molecule has 0 spiro atoms. The van der Waals surface area contributed by atoms with Gasteiger partial charge in [-0.1, -0.05) is 13.0 Å². The average molecular weight is 204 g/mol. The first-order chi connectivity index (χ1) is 7.29. The molecule has 1 aromatic carbocycles. The minimum atomic E-state index is 0.0730. The third-order valence-electron chi connectivity index (χ3n) is 2.70. The van der Waals surface area contributed by atoms with Crippen molar-refractivity contribution < 1.29 is 4.79 Å². The highest BCUT2D eigenvalue weighted by molar-refractivity contribution is 5.90. The minimum absolute atomic E-state index is 0.0730. The number of benzene rings is 1. The highest BCUT2D eigenvalue weighted by Gasteiger charge is 2.09. The zero-order valence-electron chi connectivity index (χ0n) is 8.97. The van der Waals surface area contributed by atoms with Crippen molar-refractivity contribution in [2.24, 2.45) is 0 Å². The van der Waals surface area contributed by atoms with E-state index < -0.39 is 0 Å². The molecule has 0 saturated carbocycles. The van der Waals surface area contributed by atoms with Gasteiger partial charge in [-0.15, -0.1) is 0 Å². The van der Waals surface area contributed by atoms with Crippen LogP contribution in [-0.4, -0.2) is 12.5 Å². The van der Waals surface area contributed by atoms with E-state index in [1.165, 1.54) is 11.1 Å². The molecule has 1 aliphatic heterocycles. The molecule has 0 aliphatic carbocycles. The van der Waals surface area contributed by atoms with E-state index in [1.54, 1.807) is 0 Å². The SMILES string of the molecule is CCC(=O)Nc1ccc2c(c1)CCNC2. The lowest BCUT2D eigenvalue weighted by molar-refractivity contribution is -0.115. The first-order valence-corrected chi connectivity index (χ1v) is 5.42. The Morgan fingerprint density at radius 3 is 3.13 bits per heavy atom. The molecule has 1 aliphatic rings. The fourth-order valence-corrected chi connectivity index (χ4v) is 1.80. The molecule has 3 heteroatoms. The number of hydrogen-bond acceptors (Lipinski definition) is 2. The molecule has 1 amide bonds. The molecule has 0 aromatic heterocycles. The number of hydrogen-bond donors (Lipinski definition) is 2. The van der Waals surface area contributed by atoms with E-state index in [4.69, 9.17) is 0 Å². The van der Waals surface area contributed by atoms with Crippen LogP contribution >= 0.6 is 0 Å². The van der Waals surface area contributed by atoms with E-state index >= 15 is 0 Å². The van der Waals surface area contributed by atoms with Gasteiger partial charge in [-0.2, -0.15) is 0 Å². The van der Waals surface area contributed by atoms with E-state index in [0.717, 1.165) is 25.2 Å². The number of carbonyl (C=O) groups excluding carboxylic acids is 1. The number of amides is 1. The van der Waals surface area contributed by atoms with E-state index in [-0.39, 0.29) is 5.91 Å².